The SMILES string of the molecule is CNc1cc(N(C)Cc2scnc2C)nc(COC)n1. The molecule has 108 valence electrons. The summed E-state index contributed by atoms with van der Waals surface area (Å²) in [5, 5.41) is 3.05. The first-order chi connectivity index (χ1) is 9.63. The highest BCUT2D eigenvalue weighted by Gasteiger charge is 2.11. The second kappa shape index (κ2) is 6.62. The Hall–Kier alpha value is -1.73. The van der Waals surface area contributed by atoms with Gasteiger partial charge in [-0.3, -0.25) is 0 Å². The lowest BCUT2D eigenvalue weighted by Gasteiger charge is -2.19. The normalized spacial score (nSPS) is 10.6. The van der Waals surface area contributed by atoms with Crippen LogP contribution >= 0.6 is 11.3 Å². The van der Waals surface area contributed by atoms with Crippen LogP contribution in [-0.4, -0.2) is 36.2 Å². The third-order valence-corrected chi connectivity index (χ3v) is 3.83. The van der Waals surface area contributed by atoms with E-state index in [-0.39, 0.29) is 0 Å². The molecule has 2 rings (SSSR count). The van der Waals surface area contributed by atoms with Crippen molar-refractivity contribution in [2.75, 3.05) is 31.4 Å². The van der Waals surface area contributed by atoms with Crippen LogP contribution in [-0.2, 0) is 17.9 Å². The average Bonchev–Trinajstić information content (AvgIpc) is 2.84. The van der Waals surface area contributed by atoms with Crippen LogP contribution in [0.25, 0.3) is 0 Å². The van der Waals surface area contributed by atoms with E-state index in [4.69, 9.17) is 4.74 Å². The molecule has 0 radical (unpaired) electrons. The predicted molar refractivity (Wildman–Crippen MR) is 81.2 cm³/mol. The number of ether oxygens (including phenoxy) is 1. The number of nitrogens with one attached hydrogen (secondary N) is 1. The molecule has 0 unspecified atom stereocenters. The molecule has 2 aromatic rings. The molecular weight excluding hydrogens is 274 g/mol. The lowest BCUT2D eigenvalue weighted by molar-refractivity contribution is 0.178. The van der Waals surface area contributed by atoms with Crippen LogP contribution in [0.5, 0.6) is 0 Å². The summed E-state index contributed by atoms with van der Waals surface area (Å²) >= 11 is 1.66. The van der Waals surface area contributed by atoms with Crippen molar-refractivity contribution >= 4 is 23.0 Å². The first kappa shape index (κ1) is 14.7. The summed E-state index contributed by atoms with van der Waals surface area (Å²) in [5.74, 6) is 2.32. The van der Waals surface area contributed by atoms with E-state index in [0.717, 1.165) is 23.9 Å². The van der Waals surface area contributed by atoms with Gasteiger partial charge in [-0.05, 0) is 6.92 Å². The first-order valence-electron chi connectivity index (χ1n) is 6.28. The van der Waals surface area contributed by atoms with Crippen molar-refractivity contribution in [2.24, 2.45) is 0 Å². The molecule has 0 fully saturated rings. The largest absolute Gasteiger partial charge is 0.377 e. The third kappa shape index (κ3) is 3.43. The highest BCUT2D eigenvalue weighted by atomic mass is 32.1. The number of methoxy groups -OCH3 is 1. The summed E-state index contributed by atoms with van der Waals surface area (Å²) in [5.41, 5.74) is 2.94. The van der Waals surface area contributed by atoms with Gasteiger partial charge in [-0.25, -0.2) is 15.0 Å². The van der Waals surface area contributed by atoms with Gasteiger partial charge in [0.25, 0.3) is 0 Å². The first-order valence-corrected chi connectivity index (χ1v) is 7.16. The van der Waals surface area contributed by atoms with Gasteiger partial charge in [-0.15, -0.1) is 11.3 Å². The zero-order valence-corrected chi connectivity index (χ0v) is 13.0. The van der Waals surface area contributed by atoms with Gasteiger partial charge < -0.3 is 15.0 Å². The van der Waals surface area contributed by atoms with Crippen LogP contribution in [0.4, 0.5) is 11.6 Å². The van der Waals surface area contributed by atoms with Gasteiger partial charge in [0.1, 0.15) is 18.2 Å². The highest BCUT2D eigenvalue weighted by molar-refractivity contribution is 7.09. The van der Waals surface area contributed by atoms with Crippen LogP contribution in [0.15, 0.2) is 11.6 Å². The molecule has 0 saturated carbocycles. The van der Waals surface area contributed by atoms with E-state index in [0.29, 0.717) is 12.4 Å². The lowest BCUT2D eigenvalue weighted by Crippen LogP contribution is -2.19. The van der Waals surface area contributed by atoms with Crippen molar-refractivity contribution in [3.63, 3.8) is 0 Å². The van der Waals surface area contributed by atoms with Crippen LogP contribution in [0.2, 0.25) is 0 Å². The molecule has 1 N–H and O–H groups in total. The zero-order valence-electron chi connectivity index (χ0n) is 12.2. The molecule has 2 aromatic heterocycles. The van der Waals surface area contributed by atoms with Gasteiger partial charge in [-0.1, -0.05) is 0 Å². The second-order valence-corrected chi connectivity index (χ2v) is 5.37. The van der Waals surface area contributed by atoms with Crippen molar-refractivity contribution < 1.29 is 4.74 Å². The van der Waals surface area contributed by atoms with E-state index >= 15 is 0 Å². The Bertz CT molecular complexity index is 572. The zero-order chi connectivity index (χ0) is 14.5. The topological polar surface area (TPSA) is 63.2 Å². The van der Waals surface area contributed by atoms with Gasteiger partial charge in [0, 0.05) is 32.1 Å². The minimum absolute atomic E-state index is 0.399. The van der Waals surface area contributed by atoms with Crippen molar-refractivity contribution in [1.29, 1.82) is 0 Å². The Labute approximate surface area is 122 Å². The number of aromatic nitrogens is 3. The summed E-state index contributed by atoms with van der Waals surface area (Å²) in [6.45, 7) is 3.20. The number of hydrogen-bond acceptors (Lipinski definition) is 7. The van der Waals surface area contributed by atoms with Crippen LogP contribution in [0, 0.1) is 6.92 Å². The number of rotatable bonds is 6. The molecule has 0 saturated heterocycles. The van der Waals surface area contributed by atoms with Gasteiger partial charge in [0.2, 0.25) is 0 Å². The van der Waals surface area contributed by atoms with E-state index in [1.54, 1.807) is 18.4 Å². The fraction of sp³-hybridized carbons (Fsp3) is 0.462. The quantitative estimate of drug-likeness (QED) is 0.879. The minimum atomic E-state index is 0.399. The Kier molecular flexibility index (Phi) is 4.86. The smallest absolute Gasteiger partial charge is 0.158 e. The van der Waals surface area contributed by atoms with Gasteiger partial charge in [0.15, 0.2) is 5.82 Å². The number of thiazole rings is 1. The van der Waals surface area contributed by atoms with Crippen LogP contribution < -0.4 is 10.2 Å². The maximum Gasteiger partial charge on any atom is 0.158 e. The van der Waals surface area contributed by atoms with Crippen molar-refractivity contribution in [2.45, 2.75) is 20.1 Å². The minimum Gasteiger partial charge on any atom is -0.377 e. The third-order valence-electron chi connectivity index (χ3n) is 2.91. The Morgan fingerprint density at radius 3 is 2.80 bits per heavy atom. The highest BCUT2D eigenvalue weighted by Crippen LogP contribution is 2.20. The molecule has 0 aliphatic rings. The number of anilines is 2. The van der Waals surface area contributed by atoms with E-state index in [9.17, 15) is 0 Å². The second-order valence-electron chi connectivity index (χ2n) is 4.43. The lowest BCUT2D eigenvalue weighted by atomic mass is 10.3. The van der Waals surface area contributed by atoms with Crippen molar-refractivity contribution in [3.05, 3.63) is 28.0 Å². The molecule has 0 aliphatic carbocycles. The number of aryl methyl sites for hydroxylation is 1. The predicted octanol–water partition coefficient (Wildman–Crippen LogP) is 2.07. The fourth-order valence-corrected chi connectivity index (χ4v) is 2.60. The summed E-state index contributed by atoms with van der Waals surface area (Å²) < 4.78 is 5.11. The van der Waals surface area contributed by atoms with Gasteiger partial charge >= 0.3 is 0 Å². The molecular formula is C13H19N5OS. The molecule has 0 bridgehead atoms. The number of nitrogens with zero attached hydrogens (tertiary/aromatic N) is 4. The summed E-state index contributed by atoms with van der Waals surface area (Å²) in [7, 11) is 5.49. The maximum absolute atomic E-state index is 5.11. The van der Waals surface area contributed by atoms with E-state index in [2.05, 4.69) is 25.2 Å². The average molecular weight is 293 g/mol. The Morgan fingerprint density at radius 1 is 1.40 bits per heavy atom. The standard InChI is InChI=1S/C13H19N5OS/c1-9-10(20-8-15-9)6-18(3)13-5-11(14-2)16-12(17-13)7-19-4/h5,8H,6-7H2,1-4H3,(H,14,16,17). The van der Waals surface area contributed by atoms with Gasteiger partial charge in [-0.2, -0.15) is 0 Å². The summed E-state index contributed by atoms with van der Waals surface area (Å²) in [4.78, 5) is 16.5. The molecule has 6 nitrogen and oxygen atoms in total. The summed E-state index contributed by atoms with van der Waals surface area (Å²) in [6, 6.07) is 1.93. The molecule has 7 heteroatoms. The maximum atomic E-state index is 5.11. The Morgan fingerprint density at radius 2 is 2.20 bits per heavy atom. The van der Waals surface area contributed by atoms with Crippen LogP contribution in [0.1, 0.15) is 16.4 Å². The van der Waals surface area contributed by atoms with Crippen molar-refractivity contribution in [1.82, 2.24) is 15.0 Å². The molecule has 20 heavy (non-hydrogen) atoms. The van der Waals surface area contributed by atoms with E-state index < -0.39 is 0 Å². The molecule has 2 heterocycles. The molecule has 0 spiro atoms. The molecule has 0 aromatic carbocycles. The molecule has 0 aliphatic heterocycles. The molecule has 0 amide bonds. The van der Waals surface area contributed by atoms with Crippen LogP contribution in [0.3, 0.4) is 0 Å². The van der Waals surface area contributed by atoms with E-state index in [1.165, 1.54) is 4.88 Å². The number of hydrogen-bond donors (Lipinski definition) is 1. The monoisotopic (exact) mass is 293 g/mol. The molecule has 0 atom stereocenters. The van der Waals surface area contributed by atoms with Crippen molar-refractivity contribution in [3.8, 4) is 0 Å². The van der Waals surface area contributed by atoms with Gasteiger partial charge in [0.05, 0.1) is 17.7 Å². The fourth-order valence-electron chi connectivity index (χ4n) is 1.77. The summed E-state index contributed by atoms with van der Waals surface area (Å²) in [6.07, 6.45) is 0. The van der Waals surface area contributed by atoms with E-state index in [1.807, 2.05) is 32.6 Å². The Balaban J connectivity index is 2.22.